The minimum Gasteiger partial charge on any atom is -0.299 e. The normalized spacial score (nSPS) is 12.4. The smallest absolute Gasteiger partial charge is 0.137 e. The van der Waals surface area contributed by atoms with E-state index in [1.165, 1.54) is 0 Å². The second-order valence-corrected chi connectivity index (χ2v) is 5.36. The van der Waals surface area contributed by atoms with Gasteiger partial charge in [0.05, 0.1) is 0 Å². The van der Waals surface area contributed by atoms with Crippen molar-refractivity contribution in [3.8, 4) is 0 Å². The second-order valence-electron chi connectivity index (χ2n) is 4.44. The molecule has 2 heteroatoms. The van der Waals surface area contributed by atoms with Gasteiger partial charge in [0.25, 0.3) is 0 Å². The Morgan fingerprint density at radius 2 is 2.19 bits per heavy atom. The highest BCUT2D eigenvalue weighted by Crippen LogP contribution is 2.15. The Morgan fingerprint density at radius 1 is 1.44 bits per heavy atom. The molecule has 0 aromatic heterocycles. The predicted octanol–water partition coefficient (Wildman–Crippen LogP) is 4.39. The molecule has 0 saturated heterocycles. The van der Waals surface area contributed by atoms with E-state index >= 15 is 0 Å². The molecule has 1 rings (SSSR count). The molecule has 0 N–H and O–H groups in total. The van der Waals surface area contributed by atoms with Crippen LogP contribution in [-0.2, 0) is 11.2 Å². The van der Waals surface area contributed by atoms with E-state index < -0.39 is 0 Å². The zero-order valence-corrected chi connectivity index (χ0v) is 11.6. The van der Waals surface area contributed by atoms with Crippen molar-refractivity contribution in [2.75, 3.05) is 0 Å². The van der Waals surface area contributed by atoms with Crippen molar-refractivity contribution in [2.45, 2.75) is 39.5 Å². The van der Waals surface area contributed by atoms with E-state index in [2.05, 4.69) is 29.8 Å². The number of carbonyl (C=O) groups excluding carboxylic acids is 1. The quantitative estimate of drug-likeness (QED) is 0.756. The molecule has 0 radical (unpaired) electrons. The van der Waals surface area contributed by atoms with Crippen LogP contribution in [0.4, 0.5) is 0 Å². The number of halogens is 1. The van der Waals surface area contributed by atoms with Gasteiger partial charge in [0, 0.05) is 17.3 Å². The van der Waals surface area contributed by atoms with Gasteiger partial charge >= 0.3 is 0 Å². The number of hydrogen-bond acceptors (Lipinski definition) is 1. The highest BCUT2D eigenvalue weighted by atomic mass is 79.9. The fraction of sp³-hybridized carbons (Fsp3) is 0.500. The van der Waals surface area contributed by atoms with Gasteiger partial charge in [-0.2, -0.15) is 0 Å². The van der Waals surface area contributed by atoms with Gasteiger partial charge in [-0.05, 0) is 23.6 Å². The van der Waals surface area contributed by atoms with Crippen molar-refractivity contribution >= 4 is 21.7 Å². The molecule has 0 aliphatic rings. The van der Waals surface area contributed by atoms with Crippen LogP contribution in [0.15, 0.2) is 28.7 Å². The van der Waals surface area contributed by atoms with Gasteiger partial charge in [-0.15, -0.1) is 0 Å². The molecule has 0 amide bonds. The Morgan fingerprint density at radius 3 is 2.81 bits per heavy atom. The molecule has 0 fully saturated rings. The Bertz CT molecular complexity index is 346. The average molecular weight is 283 g/mol. The first kappa shape index (κ1) is 13.4. The first-order valence-corrected chi connectivity index (χ1v) is 6.67. The molecule has 1 atom stereocenters. The molecule has 16 heavy (non-hydrogen) atoms. The Balaban J connectivity index is 2.45. The SMILES string of the molecule is CCCC(C)CC(=O)Cc1cccc(Br)c1. The maximum atomic E-state index is 11.8. The first-order valence-electron chi connectivity index (χ1n) is 5.88. The molecule has 0 saturated carbocycles. The monoisotopic (exact) mass is 282 g/mol. The van der Waals surface area contributed by atoms with Crippen molar-refractivity contribution in [1.82, 2.24) is 0 Å². The number of hydrogen-bond donors (Lipinski definition) is 0. The lowest BCUT2D eigenvalue weighted by Crippen LogP contribution is -2.08. The lowest BCUT2D eigenvalue weighted by molar-refractivity contribution is -0.119. The van der Waals surface area contributed by atoms with Gasteiger partial charge in [0.2, 0.25) is 0 Å². The van der Waals surface area contributed by atoms with Crippen LogP contribution in [0.3, 0.4) is 0 Å². The van der Waals surface area contributed by atoms with Crippen LogP contribution in [0, 0.1) is 5.92 Å². The fourth-order valence-corrected chi connectivity index (χ4v) is 2.38. The molecule has 1 unspecified atom stereocenters. The number of benzene rings is 1. The zero-order chi connectivity index (χ0) is 12.0. The maximum absolute atomic E-state index is 11.8. The molecule has 0 heterocycles. The lowest BCUT2D eigenvalue weighted by Gasteiger charge is -2.08. The Kier molecular flexibility index (Phi) is 5.75. The summed E-state index contributed by atoms with van der Waals surface area (Å²) in [6.45, 7) is 4.32. The summed E-state index contributed by atoms with van der Waals surface area (Å²) in [7, 11) is 0. The van der Waals surface area contributed by atoms with Crippen LogP contribution < -0.4 is 0 Å². The molecule has 88 valence electrons. The molecule has 1 aromatic rings. The highest BCUT2D eigenvalue weighted by Gasteiger charge is 2.09. The fourth-order valence-electron chi connectivity index (χ4n) is 1.93. The standard InChI is InChI=1S/C14H19BrO/c1-3-5-11(2)8-14(16)10-12-6-4-7-13(15)9-12/h4,6-7,9,11H,3,5,8,10H2,1-2H3. The lowest BCUT2D eigenvalue weighted by atomic mass is 9.96. The van der Waals surface area contributed by atoms with Gasteiger partial charge in [-0.25, -0.2) is 0 Å². The average Bonchev–Trinajstić information content (AvgIpc) is 2.17. The molecule has 1 nitrogen and oxygen atoms in total. The number of ketones is 1. The molecule has 0 bridgehead atoms. The Labute approximate surface area is 106 Å². The maximum Gasteiger partial charge on any atom is 0.137 e. The van der Waals surface area contributed by atoms with E-state index in [-0.39, 0.29) is 0 Å². The zero-order valence-electron chi connectivity index (χ0n) is 10.0. The second kappa shape index (κ2) is 6.85. The van der Waals surface area contributed by atoms with Crippen LogP contribution in [0.5, 0.6) is 0 Å². The van der Waals surface area contributed by atoms with Gasteiger partial charge in [0.15, 0.2) is 0 Å². The summed E-state index contributed by atoms with van der Waals surface area (Å²) in [5, 5.41) is 0. The van der Waals surface area contributed by atoms with Crippen LogP contribution in [-0.4, -0.2) is 5.78 Å². The third-order valence-corrected chi connectivity index (χ3v) is 3.14. The molecular weight excluding hydrogens is 264 g/mol. The Hall–Kier alpha value is -0.630. The molecule has 0 aliphatic carbocycles. The van der Waals surface area contributed by atoms with Crippen molar-refractivity contribution in [3.05, 3.63) is 34.3 Å². The summed E-state index contributed by atoms with van der Waals surface area (Å²) in [4.78, 5) is 11.8. The number of Topliss-reactive ketones (excluding diaryl/α,β-unsaturated/α-hetero) is 1. The van der Waals surface area contributed by atoms with E-state index in [0.29, 0.717) is 24.5 Å². The molecule has 1 aromatic carbocycles. The topological polar surface area (TPSA) is 17.1 Å². The third kappa shape index (κ3) is 4.93. The van der Waals surface area contributed by atoms with Gasteiger partial charge in [0.1, 0.15) is 5.78 Å². The van der Waals surface area contributed by atoms with Crippen molar-refractivity contribution < 1.29 is 4.79 Å². The summed E-state index contributed by atoms with van der Waals surface area (Å²) < 4.78 is 1.04. The van der Waals surface area contributed by atoms with Crippen LogP contribution in [0.25, 0.3) is 0 Å². The van der Waals surface area contributed by atoms with Crippen molar-refractivity contribution in [1.29, 1.82) is 0 Å². The predicted molar refractivity (Wildman–Crippen MR) is 71.5 cm³/mol. The van der Waals surface area contributed by atoms with Crippen LogP contribution >= 0.6 is 15.9 Å². The third-order valence-electron chi connectivity index (χ3n) is 2.65. The summed E-state index contributed by atoms with van der Waals surface area (Å²) in [6.07, 6.45) is 3.57. The largest absolute Gasteiger partial charge is 0.299 e. The minimum atomic E-state index is 0.346. The summed E-state index contributed by atoms with van der Waals surface area (Å²) in [6, 6.07) is 7.98. The number of rotatable bonds is 6. The van der Waals surface area contributed by atoms with Crippen LogP contribution in [0.2, 0.25) is 0 Å². The van der Waals surface area contributed by atoms with E-state index in [1.54, 1.807) is 0 Å². The van der Waals surface area contributed by atoms with Crippen molar-refractivity contribution in [3.63, 3.8) is 0 Å². The summed E-state index contributed by atoms with van der Waals surface area (Å²) >= 11 is 3.42. The first-order chi connectivity index (χ1) is 7.61. The van der Waals surface area contributed by atoms with Gasteiger partial charge in [-0.1, -0.05) is 54.8 Å². The summed E-state index contributed by atoms with van der Waals surface area (Å²) in [5.74, 6) is 0.865. The van der Waals surface area contributed by atoms with E-state index in [1.807, 2.05) is 24.3 Å². The highest BCUT2D eigenvalue weighted by molar-refractivity contribution is 9.10. The van der Waals surface area contributed by atoms with Crippen LogP contribution in [0.1, 0.15) is 38.7 Å². The van der Waals surface area contributed by atoms with Gasteiger partial charge in [-0.3, -0.25) is 4.79 Å². The number of carbonyl (C=O) groups is 1. The van der Waals surface area contributed by atoms with Crippen molar-refractivity contribution in [2.24, 2.45) is 5.92 Å². The minimum absolute atomic E-state index is 0.346. The van der Waals surface area contributed by atoms with E-state index in [0.717, 1.165) is 22.9 Å². The molecular formula is C14H19BrO. The molecule has 0 aliphatic heterocycles. The van der Waals surface area contributed by atoms with E-state index in [4.69, 9.17) is 0 Å². The van der Waals surface area contributed by atoms with Gasteiger partial charge < -0.3 is 0 Å². The van der Waals surface area contributed by atoms with E-state index in [9.17, 15) is 4.79 Å². The molecule has 0 spiro atoms. The summed E-state index contributed by atoms with van der Waals surface area (Å²) in [5.41, 5.74) is 1.10.